The highest BCUT2D eigenvalue weighted by atomic mass is 16.6. The van der Waals surface area contributed by atoms with Crippen LogP contribution in [0.15, 0.2) is 35.1 Å². The van der Waals surface area contributed by atoms with E-state index in [0.717, 1.165) is 11.6 Å². The van der Waals surface area contributed by atoms with Gasteiger partial charge in [-0.3, -0.25) is 19.7 Å². The molecule has 23 heavy (non-hydrogen) atoms. The third-order valence-corrected chi connectivity index (χ3v) is 3.15. The minimum Gasteiger partial charge on any atom is -0.294 e. The van der Waals surface area contributed by atoms with Gasteiger partial charge in [0.2, 0.25) is 0 Å². The zero-order valence-corrected chi connectivity index (χ0v) is 12.2. The molecule has 0 aliphatic rings. The van der Waals surface area contributed by atoms with Crippen LogP contribution in [0.2, 0.25) is 0 Å². The van der Waals surface area contributed by atoms with Crippen molar-refractivity contribution in [2.45, 2.75) is 19.9 Å². The summed E-state index contributed by atoms with van der Waals surface area (Å²) in [6.07, 6.45) is -0.0301. The van der Waals surface area contributed by atoms with Gasteiger partial charge >= 0.3 is 11.2 Å². The first-order chi connectivity index (χ1) is 11.0. The van der Waals surface area contributed by atoms with E-state index in [9.17, 15) is 19.7 Å². The largest absolute Gasteiger partial charge is 0.348 e. The minimum absolute atomic E-state index is 0.0301. The molecule has 0 aliphatic carbocycles. The van der Waals surface area contributed by atoms with Gasteiger partial charge in [-0.15, -0.1) is 0 Å². The molecule has 1 heterocycles. The Morgan fingerprint density at radius 3 is 2.57 bits per heavy atom. The van der Waals surface area contributed by atoms with Crippen molar-refractivity contribution in [3.8, 4) is 17.3 Å². The summed E-state index contributed by atoms with van der Waals surface area (Å²) in [5.41, 5.74) is -1.59. The summed E-state index contributed by atoms with van der Waals surface area (Å²) in [6, 6.07) is 10.3. The maximum absolute atomic E-state index is 12.2. The summed E-state index contributed by atoms with van der Waals surface area (Å²) in [6.45, 7) is 1.06. The Labute approximate surface area is 130 Å². The summed E-state index contributed by atoms with van der Waals surface area (Å²) < 4.78 is 0.857. The number of benzene rings is 1. The molecular weight excluding hydrogens is 300 g/mol. The van der Waals surface area contributed by atoms with Gasteiger partial charge in [-0.1, -0.05) is 30.3 Å². The van der Waals surface area contributed by atoms with E-state index in [4.69, 9.17) is 5.26 Å². The van der Waals surface area contributed by atoms with E-state index in [1.54, 1.807) is 30.3 Å². The molecule has 0 atom stereocenters. The molecule has 0 radical (unpaired) electrons. The molecule has 116 valence electrons. The molecule has 0 aliphatic heterocycles. The third-order valence-electron chi connectivity index (χ3n) is 3.15. The molecule has 0 saturated heterocycles. The molecule has 0 unspecified atom stereocenters. The van der Waals surface area contributed by atoms with Gasteiger partial charge in [-0.2, -0.15) is 10.4 Å². The van der Waals surface area contributed by atoms with Gasteiger partial charge < -0.3 is 0 Å². The van der Waals surface area contributed by atoms with Crippen LogP contribution in [0.3, 0.4) is 0 Å². The van der Waals surface area contributed by atoms with Gasteiger partial charge in [-0.25, -0.2) is 4.68 Å². The van der Waals surface area contributed by atoms with Crippen LogP contribution in [-0.4, -0.2) is 20.5 Å². The van der Waals surface area contributed by atoms with Crippen LogP contribution in [0.25, 0.3) is 11.3 Å². The van der Waals surface area contributed by atoms with Crippen LogP contribution in [0.4, 0.5) is 5.69 Å². The zero-order valence-electron chi connectivity index (χ0n) is 12.2. The fourth-order valence-corrected chi connectivity index (χ4v) is 2.17. The van der Waals surface area contributed by atoms with Crippen molar-refractivity contribution in [3.63, 3.8) is 0 Å². The molecule has 8 heteroatoms. The predicted octanol–water partition coefficient (Wildman–Crippen LogP) is 1.93. The van der Waals surface area contributed by atoms with Gasteiger partial charge in [0, 0.05) is 5.56 Å². The van der Waals surface area contributed by atoms with E-state index in [1.165, 1.54) is 0 Å². The maximum atomic E-state index is 12.2. The Hall–Kier alpha value is -3.34. The Bertz CT molecular complexity index is 866. The molecule has 0 saturated carbocycles. The molecular formula is C15H12N4O4. The summed E-state index contributed by atoms with van der Waals surface area (Å²) >= 11 is 0. The number of nitriles is 1. The number of aromatic nitrogens is 2. The lowest BCUT2D eigenvalue weighted by Crippen LogP contribution is -2.28. The Morgan fingerprint density at radius 1 is 1.39 bits per heavy atom. The van der Waals surface area contributed by atoms with E-state index >= 15 is 0 Å². The van der Waals surface area contributed by atoms with Crippen molar-refractivity contribution < 1.29 is 9.72 Å². The number of rotatable bonds is 5. The van der Waals surface area contributed by atoms with E-state index in [-0.39, 0.29) is 24.2 Å². The molecule has 1 aromatic heterocycles. The van der Waals surface area contributed by atoms with Crippen LogP contribution >= 0.6 is 0 Å². The maximum Gasteiger partial charge on any atom is 0.348 e. The number of ketones is 1. The lowest BCUT2D eigenvalue weighted by Gasteiger charge is -2.10. The first kappa shape index (κ1) is 16.0. The predicted molar refractivity (Wildman–Crippen MR) is 80.8 cm³/mol. The second-order valence-electron chi connectivity index (χ2n) is 4.69. The lowest BCUT2D eigenvalue weighted by molar-refractivity contribution is -0.386. The van der Waals surface area contributed by atoms with Crippen LogP contribution in [0.1, 0.15) is 23.7 Å². The first-order valence-corrected chi connectivity index (χ1v) is 6.70. The normalized spacial score (nSPS) is 10.1. The number of nitrogens with zero attached hydrogens (tertiary/aromatic N) is 4. The average Bonchev–Trinajstić information content (AvgIpc) is 2.53. The number of nitro groups is 1. The van der Waals surface area contributed by atoms with Gasteiger partial charge in [0.1, 0.15) is 11.3 Å². The van der Waals surface area contributed by atoms with Crippen molar-refractivity contribution in [1.82, 2.24) is 9.78 Å². The van der Waals surface area contributed by atoms with Crippen molar-refractivity contribution >= 4 is 11.5 Å². The first-order valence-electron chi connectivity index (χ1n) is 6.70. The summed E-state index contributed by atoms with van der Waals surface area (Å²) in [5, 5.41) is 24.0. The van der Waals surface area contributed by atoms with Crippen LogP contribution in [-0.2, 0) is 6.54 Å². The van der Waals surface area contributed by atoms with Gasteiger partial charge in [0.25, 0.3) is 0 Å². The molecule has 8 nitrogen and oxygen atoms in total. The lowest BCUT2D eigenvalue weighted by atomic mass is 10.0. The molecule has 0 spiro atoms. The van der Waals surface area contributed by atoms with E-state index in [0.29, 0.717) is 5.56 Å². The Balaban J connectivity index is 2.86. The van der Waals surface area contributed by atoms with Crippen LogP contribution in [0, 0.1) is 21.4 Å². The summed E-state index contributed by atoms with van der Waals surface area (Å²) in [4.78, 5) is 34.5. The van der Waals surface area contributed by atoms with Crippen molar-refractivity contribution in [3.05, 3.63) is 56.4 Å². The van der Waals surface area contributed by atoms with Gasteiger partial charge in [0.15, 0.2) is 5.78 Å². The number of Topliss-reactive ketones (excluding diaryl/α,β-unsaturated/α-hetero) is 1. The van der Waals surface area contributed by atoms with Crippen LogP contribution < -0.4 is 5.56 Å². The van der Waals surface area contributed by atoms with Gasteiger partial charge in [0.05, 0.1) is 24.0 Å². The summed E-state index contributed by atoms with van der Waals surface area (Å²) in [7, 11) is 0. The molecule has 2 rings (SSSR count). The highest BCUT2D eigenvalue weighted by Crippen LogP contribution is 2.26. The number of aryl methyl sites for hydroxylation is 1. The van der Waals surface area contributed by atoms with Crippen molar-refractivity contribution in [2.75, 3.05) is 0 Å². The second kappa shape index (κ2) is 6.62. The Morgan fingerprint density at radius 2 is 2.04 bits per heavy atom. The average molecular weight is 312 g/mol. The molecule has 2 aromatic rings. The summed E-state index contributed by atoms with van der Waals surface area (Å²) in [5.74, 6) is -0.618. The van der Waals surface area contributed by atoms with E-state index in [2.05, 4.69) is 5.10 Å². The molecule has 0 fully saturated rings. The standard InChI is InChI=1S/C15H12N4O4/c1-10(20)12-13(11-6-3-2-4-7-11)17-18(9-5-8-16)15(21)14(12)19(22)23/h2-4,6-7H,5,9H2,1H3. The number of hydrogen-bond acceptors (Lipinski definition) is 6. The molecule has 0 N–H and O–H groups in total. The molecule has 0 amide bonds. The quantitative estimate of drug-likeness (QED) is 0.472. The monoisotopic (exact) mass is 312 g/mol. The highest BCUT2D eigenvalue weighted by molar-refractivity contribution is 6.03. The number of hydrogen-bond donors (Lipinski definition) is 0. The van der Waals surface area contributed by atoms with Crippen molar-refractivity contribution in [1.29, 1.82) is 5.26 Å². The molecule has 0 bridgehead atoms. The fourth-order valence-electron chi connectivity index (χ4n) is 2.17. The topological polar surface area (TPSA) is 119 Å². The fraction of sp³-hybridized carbons (Fsp3) is 0.200. The van der Waals surface area contributed by atoms with Gasteiger partial charge in [-0.05, 0) is 6.92 Å². The molecule has 1 aromatic carbocycles. The SMILES string of the molecule is CC(=O)c1c(-c2ccccc2)nn(CCC#N)c(=O)c1[N+](=O)[O-]. The van der Waals surface area contributed by atoms with E-state index in [1.807, 2.05) is 6.07 Å². The van der Waals surface area contributed by atoms with Crippen LogP contribution in [0.5, 0.6) is 0 Å². The van der Waals surface area contributed by atoms with Crippen molar-refractivity contribution in [2.24, 2.45) is 0 Å². The van der Waals surface area contributed by atoms with E-state index < -0.39 is 22.0 Å². The smallest absolute Gasteiger partial charge is 0.294 e. The highest BCUT2D eigenvalue weighted by Gasteiger charge is 2.29. The number of carbonyl (C=O) groups excluding carboxylic acids is 1. The number of carbonyl (C=O) groups is 1. The Kier molecular flexibility index (Phi) is 4.61. The third kappa shape index (κ3) is 3.13. The zero-order chi connectivity index (χ0) is 17.0. The minimum atomic E-state index is -0.991. The second-order valence-corrected chi connectivity index (χ2v) is 4.69.